The summed E-state index contributed by atoms with van der Waals surface area (Å²) in [6, 6.07) is 4.41. The van der Waals surface area contributed by atoms with Gasteiger partial charge < -0.3 is 5.32 Å². The molecule has 1 fully saturated rings. The van der Waals surface area contributed by atoms with Gasteiger partial charge in [0.1, 0.15) is 12.4 Å². The van der Waals surface area contributed by atoms with Crippen LogP contribution in [-0.4, -0.2) is 35.9 Å². The first-order chi connectivity index (χ1) is 12.1. The number of hydrogen-bond acceptors (Lipinski definition) is 5. The Kier molecular flexibility index (Phi) is 3.75. The minimum Gasteiger partial charge on any atom is -0.322 e. The number of anilines is 1. The number of benzene rings is 1. The minimum atomic E-state index is -0.519. The summed E-state index contributed by atoms with van der Waals surface area (Å²) in [5, 5.41) is 18.3. The lowest BCUT2D eigenvalue weighted by Gasteiger charge is -2.10. The molecule has 0 atom stereocenters. The number of nitrogens with one attached hydrogen (secondary N) is 1. The Morgan fingerprint density at radius 1 is 1.40 bits per heavy atom. The predicted octanol–water partition coefficient (Wildman–Crippen LogP) is 1.82. The molecular formula is C16H16FN7O. The smallest absolute Gasteiger partial charge is 0.246 e. The van der Waals surface area contributed by atoms with Crippen molar-refractivity contribution in [3.05, 3.63) is 47.8 Å². The number of hydrogen-bond donors (Lipinski definition) is 1. The SMILES string of the molecule is Cc1cnn(CC(=O)Nc2cc(-n3nnnc3C3CC3)ccc2F)c1. The molecule has 1 aliphatic rings. The van der Waals surface area contributed by atoms with Crippen molar-refractivity contribution < 1.29 is 9.18 Å². The van der Waals surface area contributed by atoms with Crippen LogP contribution in [0, 0.1) is 12.7 Å². The lowest BCUT2D eigenvalue weighted by atomic mass is 10.2. The Labute approximate surface area is 142 Å². The van der Waals surface area contributed by atoms with E-state index in [1.54, 1.807) is 23.1 Å². The quantitative estimate of drug-likeness (QED) is 0.764. The van der Waals surface area contributed by atoms with Crippen molar-refractivity contribution >= 4 is 11.6 Å². The Bertz CT molecular complexity index is 928. The average Bonchev–Trinajstić information content (AvgIpc) is 3.17. The van der Waals surface area contributed by atoms with Gasteiger partial charge in [-0.05, 0) is 54.0 Å². The molecule has 0 spiro atoms. The van der Waals surface area contributed by atoms with E-state index >= 15 is 0 Å². The van der Waals surface area contributed by atoms with Crippen LogP contribution in [0.2, 0.25) is 0 Å². The van der Waals surface area contributed by atoms with Crippen LogP contribution in [0.1, 0.15) is 30.1 Å². The maximum atomic E-state index is 14.1. The molecule has 4 rings (SSSR count). The zero-order valence-electron chi connectivity index (χ0n) is 13.6. The third-order valence-electron chi connectivity index (χ3n) is 3.97. The van der Waals surface area contributed by atoms with Gasteiger partial charge >= 0.3 is 0 Å². The lowest BCUT2D eigenvalue weighted by molar-refractivity contribution is -0.116. The number of carbonyl (C=O) groups is 1. The third kappa shape index (κ3) is 3.25. The van der Waals surface area contributed by atoms with Gasteiger partial charge in [0.2, 0.25) is 5.91 Å². The van der Waals surface area contributed by atoms with Crippen LogP contribution in [0.3, 0.4) is 0 Å². The number of amides is 1. The zero-order valence-corrected chi connectivity index (χ0v) is 13.6. The molecule has 1 N–H and O–H groups in total. The normalized spacial score (nSPS) is 13.8. The van der Waals surface area contributed by atoms with Gasteiger partial charge in [-0.3, -0.25) is 9.48 Å². The van der Waals surface area contributed by atoms with Crippen molar-refractivity contribution in [2.45, 2.75) is 32.2 Å². The molecule has 3 aromatic rings. The van der Waals surface area contributed by atoms with E-state index in [1.165, 1.54) is 16.8 Å². The molecular weight excluding hydrogens is 325 g/mol. The predicted molar refractivity (Wildman–Crippen MR) is 86.7 cm³/mol. The number of halogens is 1. The molecule has 1 amide bonds. The van der Waals surface area contributed by atoms with E-state index in [9.17, 15) is 9.18 Å². The van der Waals surface area contributed by atoms with E-state index in [2.05, 4.69) is 25.9 Å². The summed E-state index contributed by atoms with van der Waals surface area (Å²) in [5.74, 6) is 0.227. The number of rotatable bonds is 5. The molecule has 128 valence electrons. The first-order valence-corrected chi connectivity index (χ1v) is 7.97. The Balaban J connectivity index is 1.55. The van der Waals surface area contributed by atoms with Crippen LogP contribution in [0.15, 0.2) is 30.6 Å². The van der Waals surface area contributed by atoms with Crippen LogP contribution in [0.25, 0.3) is 5.69 Å². The van der Waals surface area contributed by atoms with Crippen molar-refractivity contribution in [1.82, 2.24) is 30.0 Å². The third-order valence-corrected chi connectivity index (χ3v) is 3.97. The largest absolute Gasteiger partial charge is 0.322 e. The van der Waals surface area contributed by atoms with E-state index in [4.69, 9.17) is 0 Å². The van der Waals surface area contributed by atoms with Gasteiger partial charge in [0.25, 0.3) is 0 Å². The van der Waals surface area contributed by atoms with Crippen molar-refractivity contribution in [3.8, 4) is 5.69 Å². The molecule has 2 aromatic heterocycles. The highest BCUT2D eigenvalue weighted by molar-refractivity contribution is 5.90. The highest BCUT2D eigenvalue weighted by Gasteiger charge is 2.30. The standard InChI is InChI=1S/C16H16FN7O/c1-10-7-18-23(8-10)9-15(25)19-14-6-12(4-5-13(14)17)24-16(11-2-3-11)20-21-22-24/h4-8,11H,2-3,9H2,1H3,(H,19,25). The fourth-order valence-corrected chi connectivity index (χ4v) is 2.61. The minimum absolute atomic E-state index is 0.00964. The molecule has 1 aliphatic carbocycles. The number of aromatic nitrogens is 6. The lowest BCUT2D eigenvalue weighted by Crippen LogP contribution is -2.20. The molecule has 25 heavy (non-hydrogen) atoms. The van der Waals surface area contributed by atoms with E-state index < -0.39 is 5.82 Å². The summed E-state index contributed by atoms with van der Waals surface area (Å²) in [6.45, 7) is 1.89. The molecule has 9 heteroatoms. The van der Waals surface area contributed by atoms with E-state index in [0.29, 0.717) is 11.6 Å². The second-order valence-corrected chi connectivity index (χ2v) is 6.15. The van der Waals surface area contributed by atoms with Crippen LogP contribution in [0.5, 0.6) is 0 Å². The molecule has 0 saturated heterocycles. The fourth-order valence-electron chi connectivity index (χ4n) is 2.61. The Morgan fingerprint density at radius 3 is 2.96 bits per heavy atom. The van der Waals surface area contributed by atoms with Crippen molar-refractivity contribution in [2.75, 3.05) is 5.32 Å². The van der Waals surface area contributed by atoms with Crippen molar-refractivity contribution in [3.63, 3.8) is 0 Å². The molecule has 1 aromatic carbocycles. The van der Waals surface area contributed by atoms with Gasteiger partial charge in [-0.25, -0.2) is 4.39 Å². The molecule has 2 heterocycles. The number of carbonyl (C=O) groups excluding carboxylic acids is 1. The number of nitrogens with zero attached hydrogens (tertiary/aromatic N) is 6. The van der Waals surface area contributed by atoms with Crippen LogP contribution >= 0.6 is 0 Å². The van der Waals surface area contributed by atoms with Gasteiger partial charge in [-0.15, -0.1) is 5.10 Å². The molecule has 1 saturated carbocycles. The summed E-state index contributed by atoms with van der Waals surface area (Å²) >= 11 is 0. The van der Waals surface area contributed by atoms with Crippen LogP contribution in [0.4, 0.5) is 10.1 Å². The van der Waals surface area contributed by atoms with Crippen molar-refractivity contribution in [1.29, 1.82) is 0 Å². The second kappa shape index (κ2) is 6.08. The van der Waals surface area contributed by atoms with Crippen LogP contribution < -0.4 is 5.32 Å². The summed E-state index contributed by atoms with van der Waals surface area (Å²) < 4.78 is 17.2. The number of tetrazole rings is 1. The summed E-state index contributed by atoms with van der Waals surface area (Å²) in [7, 11) is 0. The van der Waals surface area contributed by atoms with Crippen LogP contribution in [-0.2, 0) is 11.3 Å². The summed E-state index contributed by atoms with van der Waals surface area (Å²) in [6.07, 6.45) is 5.50. The molecule has 0 bridgehead atoms. The molecule has 0 unspecified atom stereocenters. The first-order valence-electron chi connectivity index (χ1n) is 7.97. The monoisotopic (exact) mass is 341 g/mol. The second-order valence-electron chi connectivity index (χ2n) is 6.15. The molecule has 0 radical (unpaired) electrons. The Hall–Kier alpha value is -3.10. The van der Waals surface area contributed by atoms with Gasteiger partial charge in [-0.2, -0.15) is 9.78 Å². The molecule has 0 aliphatic heterocycles. The highest BCUT2D eigenvalue weighted by atomic mass is 19.1. The number of aryl methyl sites for hydroxylation is 1. The average molecular weight is 341 g/mol. The van der Waals surface area contributed by atoms with Crippen molar-refractivity contribution in [2.24, 2.45) is 0 Å². The van der Waals surface area contributed by atoms with E-state index in [1.807, 2.05) is 6.92 Å². The van der Waals surface area contributed by atoms with E-state index in [-0.39, 0.29) is 18.1 Å². The fraction of sp³-hybridized carbons (Fsp3) is 0.312. The maximum Gasteiger partial charge on any atom is 0.246 e. The molecule has 8 nitrogen and oxygen atoms in total. The zero-order chi connectivity index (χ0) is 17.4. The van der Waals surface area contributed by atoms with Gasteiger partial charge in [0, 0.05) is 12.1 Å². The van der Waals surface area contributed by atoms with E-state index in [0.717, 1.165) is 24.2 Å². The Morgan fingerprint density at radius 2 is 2.24 bits per heavy atom. The summed E-state index contributed by atoms with van der Waals surface area (Å²) in [4.78, 5) is 12.1. The highest BCUT2D eigenvalue weighted by Crippen LogP contribution is 2.39. The topological polar surface area (TPSA) is 90.5 Å². The summed E-state index contributed by atoms with van der Waals surface area (Å²) in [5.41, 5.74) is 1.65. The van der Waals surface area contributed by atoms with Gasteiger partial charge in [0.05, 0.1) is 17.6 Å². The van der Waals surface area contributed by atoms with Gasteiger partial charge in [0.15, 0.2) is 5.82 Å². The maximum absolute atomic E-state index is 14.1. The van der Waals surface area contributed by atoms with Gasteiger partial charge in [-0.1, -0.05) is 0 Å². The first kappa shape index (κ1) is 15.4.